The van der Waals surface area contributed by atoms with E-state index in [1.54, 1.807) is 6.07 Å². The molecule has 1 aliphatic heterocycles. The SMILES string of the molecule is N#Cc1cc(NC(=O)NC2CCCC2)ccc1N1CCC(C(O)(c2ccccc2)c2ccccc2)CC1. The molecule has 0 unspecified atom stereocenters. The minimum absolute atomic E-state index is 0.0410. The van der Waals surface area contributed by atoms with E-state index in [0.29, 0.717) is 11.3 Å². The van der Waals surface area contributed by atoms with E-state index in [2.05, 4.69) is 21.6 Å². The fourth-order valence-electron chi connectivity index (χ4n) is 5.96. The highest BCUT2D eigenvalue weighted by molar-refractivity contribution is 5.90. The molecule has 6 nitrogen and oxygen atoms in total. The number of benzene rings is 3. The molecule has 1 saturated heterocycles. The molecular weight excluding hydrogens is 460 g/mol. The Bertz CT molecular complexity index is 1200. The van der Waals surface area contributed by atoms with Gasteiger partial charge in [0.2, 0.25) is 0 Å². The normalized spacial score (nSPS) is 16.8. The number of urea groups is 1. The van der Waals surface area contributed by atoms with E-state index in [-0.39, 0.29) is 18.0 Å². The molecule has 0 atom stereocenters. The summed E-state index contributed by atoms with van der Waals surface area (Å²) in [6.07, 6.45) is 5.93. The molecule has 0 spiro atoms. The minimum Gasteiger partial charge on any atom is -0.380 e. The van der Waals surface area contributed by atoms with Crippen LogP contribution in [0.4, 0.5) is 16.2 Å². The summed E-state index contributed by atoms with van der Waals surface area (Å²) in [5.74, 6) is 0.0410. The van der Waals surface area contributed by atoms with Crippen LogP contribution in [0.25, 0.3) is 0 Å². The molecule has 2 fully saturated rings. The van der Waals surface area contributed by atoms with Crippen LogP contribution in [0.15, 0.2) is 78.9 Å². The van der Waals surface area contributed by atoms with Gasteiger partial charge in [0.1, 0.15) is 11.7 Å². The first-order chi connectivity index (χ1) is 18.1. The molecule has 190 valence electrons. The van der Waals surface area contributed by atoms with Crippen LogP contribution in [0, 0.1) is 17.2 Å². The summed E-state index contributed by atoms with van der Waals surface area (Å²) < 4.78 is 0. The predicted octanol–water partition coefficient (Wildman–Crippen LogP) is 5.77. The standard InChI is InChI=1S/C31H34N4O2/c32-22-23-21-28(34-30(36)33-27-13-7-8-14-27)15-16-29(23)35-19-17-26(18-20-35)31(37,24-9-3-1-4-10-24)25-11-5-2-6-12-25/h1-6,9-12,15-16,21,26-27,37H,7-8,13-14,17-20H2,(H2,33,34,36). The van der Waals surface area contributed by atoms with Crippen LogP contribution in [-0.2, 0) is 5.60 Å². The highest BCUT2D eigenvalue weighted by atomic mass is 16.3. The second-order valence-corrected chi connectivity index (χ2v) is 10.2. The van der Waals surface area contributed by atoms with Crippen LogP contribution in [-0.4, -0.2) is 30.3 Å². The summed E-state index contributed by atoms with van der Waals surface area (Å²) in [5, 5.41) is 27.9. The lowest BCUT2D eigenvalue weighted by molar-refractivity contribution is 0.00505. The summed E-state index contributed by atoms with van der Waals surface area (Å²) in [4.78, 5) is 14.6. The van der Waals surface area contributed by atoms with Crippen molar-refractivity contribution >= 4 is 17.4 Å². The number of nitrogens with zero attached hydrogens (tertiary/aromatic N) is 2. The van der Waals surface area contributed by atoms with E-state index in [4.69, 9.17) is 0 Å². The number of hydrogen-bond donors (Lipinski definition) is 3. The zero-order valence-corrected chi connectivity index (χ0v) is 21.1. The van der Waals surface area contributed by atoms with E-state index in [1.165, 1.54) is 0 Å². The number of hydrogen-bond acceptors (Lipinski definition) is 4. The summed E-state index contributed by atoms with van der Waals surface area (Å²) >= 11 is 0. The summed E-state index contributed by atoms with van der Waals surface area (Å²) in [7, 11) is 0. The second kappa shape index (κ2) is 11.1. The van der Waals surface area contributed by atoms with Gasteiger partial charge in [-0.05, 0) is 60.9 Å². The molecule has 3 N–H and O–H groups in total. The summed E-state index contributed by atoms with van der Waals surface area (Å²) in [6, 6.07) is 27.7. The van der Waals surface area contributed by atoms with Gasteiger partial charge < -0.3 is 20.6 Å². The minimum atomic E-state index is -1.08. The number of carbonyl (C=O) groups excluding carboxylic acids is 1. The van der Waals surface area contributed by atoms with E-state index >= 15 is 0 Å². The zero-order valence-electron chi connectivity index (χ0n) is 21.1. The van der Waals surface area contributed by atoms with Crippen LogP contribution in [0.1, 0.15) is 55.2 Å². The molecule has 2 aliphatic rings. The lowest BCUT2D eigenvalue weighted by Gasteiger charge is -2.43. The van der Waals surface area contributed by atoms with E-state index < -0.39 is 5.60 Å². The molecule has 1 heterocycles. The fraction of sp³-hybridized carbons (Fsp3) is 0.355. The number of anilines is 2. The lowest BCUT2D eigenvalue weighted by atomic mass is 9.72. The van der Waals surface area contributed by atoms with Gasteiger partial charge in [-0.3, -0.25) is 0 Å². The Morgan fingerprint density at radius 2 is 1.49 bits per heavy atom. The van der Waals surface area contributed by atoms with Crippen molar-refractivity contribution in [1.29, 1.82) is 5.26 Å². The van der Waals surface area contributed by atoms with Gasteiger partial charge in [-0.2, -0.15) is 5.26 Å². The molecule has 0 radical (unpaired) electrons. The number of nitriles is 1. The molecular formula is C31H34N4O2. The number of carbonyl (C=O) groups is 1. The zero-order chi connectivity index (χ0) is 25.7. The largest absolute Gasteiger partial charge is 0.380 e. The van der Waals surface area contributed by atoms with Crippen molar-refractivity contribution in [2.75, 3.05) is 23.3 Å². The molecule has 0 aromatic heterocycles. The average Bonchev–Trinajstić information content (AvgIpc) is 3.46. The van der Waals surface area contributed by atoms with Crippen molar-refractivity contribution in [1.82, 2.24) is 5.32 Å². The van der Waals surface area contributed by atoms with Crippen molar-refractivity contribution < 1.29 is 9.90 Å². The monoisotopic (exact) mass is 494 g/mol. The molecule has 3 aromatic rings. The Labute approximate surface area is 218 Å². The maximum atomic E-state index is 12.4. The van der Waals surface area contributed by atoms with Crippen molar-refractivity contribution in [2.24, 2.45) is 5.92 Å². The van der Waals surface area contributed by atoms with Crippen LogP contribution >= 0.6 is 0 Å². The van der Waals surface area contributed by atoms with Gasteiger partial charge >= 0.3 is 6.03 Å². The van der Waals surface area contributed by atoms with Crippen molar-refractivity contribution in [2.45, 2.75) is 50.2 Å². The van der Waals surface area contributed by atoms with Gasteiger partial charge in [0.15, 0.2) is 0 Å². The first-order valence-corrected chi connectivity index (χ1v) is 13.3. The van der Waals surface area contributed by atoms with Crippen molar-refractivity contribution in [3.63, 3.8) is 0 Å². The average molecular weight is 495 g/mol. The summed E-state index contributed by atoms with van der Waals surface area (Å²) in [5.41, 5.74) is 2.76. The van der Waals surface area contributed by atoms with Crippen molar-refractivity contribution in [3.05, 3.63) is 95.6 Å². The van der Waals surface area contributed by atoms with E-state index in [1.807, 2.05) is 72.8 Å². The summed E-state index contributed by atoms with van der Waals surface area (Å²) in [6.45, 7) is 1.46. The van der Waals surface area contributed by atoms with Crippen LogP contribution in [0.5, 0.6) is 0 Å². The molecule has 1 aliphatic carbocycles. The van der Waals surface area contributed by atoms with Crippen LogP contribution in [0.2, 0.25) is 0 Å². The molecule has 6 heteroatoms. The number of rotatable bonds is 6. The molecule has 5 rings (SSSR count). The molecule has 3 aromatic carbocycles. The van der Waals surface area contributed by atoms with Gasteiger partial charge in [-0.1, -0.05) is 73.5 Å². The third-order valence-corrected chi connectivity index (χ3v) is 7.92. The van der Waals surface area contributed by atoms with Gasteiger partial charge in [0, 0.05) is 24.8 Å². The third-order valence-electron chi connectivity index (χ3n) is 7.92. The Hall–Kier alpha value is -3.82. The second-order valence-electron chi connectivity index (χ2n) is 10.2. The molecule has 37 heavy (non-hydrogen) atoms. The van der Waals surface area contributed by atoms with Crippen LogP contribution < -0.4 is 15.5 Å². The first-order valence-electron chi connectivity index (χ1n) is 13.3. The maximum Gasteiger partial charge on any atom is 0.319 e. The third kappa shape index (κ3) is 5.33. The molecule has 2 amide bonds. The van der Waals surface area contributed by atoms with Crippen molar-refractivity contribution in [3.8, 4) is 6.07 Å². The topological polar surface area (TPSA) is 88.4 Å². The lowest BCUT2D eigenvalue weighted by Crippen LogP contribution is -2.44. The van der Waals surface area contributed by atoms with Gasteiger partial charge in [0.05, 0.1) is 11.3 Å². The van der Waals surface area contributed by atoms with E-state index in [0.717, 1.165) is 68.4 Å². The quantitative estimate of drug-likeness (QED) is 0.406. The Morgan fingerprint density at radius 1 is 0.892 bits per heavy atom. The number of nitrogens with one attached hydrogen (secondary N) is 2. The Morgan fingerprint density at radius 3 is 2.05 bits per heavy atom. The molecule has 0 bridgehead atoms. The highest BCUT2D eigenvalue weighted by Crippen LogP contribution is 2.42. The molecule has 1 saturated carbocycles. The Kier molecular flexibility index (Phi) is 7.43. The van der Waals surface area contributed by atoms with E-state index in [9.17, 15) is 15.2 Å². The predicted molar refractivity (Wildman–Crippen MR) is 146 cm³/mol. The van der Waals surface area contributed by atoms with Gasteiger partial charge in [0.25, 0.3) is 0 Å². The number of piperidine rings is 1. The fourth-order valence-corrected chi connectivity index (χ4v) is 5.96. The first kappa shape index (κ1) is 24.9. The van der Waals surface area contributed by atoms with Gasteiger partial charge in [-0.15, -0.1) is 0 Å². The maximum absolute atomic E-state index is 12.4. The smallest absolute Gasteiger partial charge is 0.319 e. The Balaban J connectivity index is 1.29. The number of amides is 2. The number of aliphatic hydroxyl groups is 1. The highest BCUT2D eigenvalue weighted by Gasteiger charge is 2.41. The van der Waals surface area contributed by atoms with Crippen LogP contribution in [0.3, 0.4) is 0 Å². The van der Waals surface area contributed by atoms with Gasteiger partial charge in [-0.25, -0.2) is 4.79 Å².